The third-order valence-electron chi connectivity index (χ3n) is 6.08. The number of pyridine rings is 1. The first-order valence-electron chi connectivity index (χ1n) is 10.8. The molecule has 0 bridgehead atoms. The fraction of sp³-hybridized carbons (Fsp3) is 0.292. The van der Waals surface area contributed by atoms with Crippen LogP contribution < -0.4 is 10.6 Å². The van der Waals surface area contributed by atoms with Gasteiger partial charge >= 0.3 is 6.18 Å². The van der Waals surface area contributed by atoms with Gasteiger partial charge in [-0.25, -0.2) is 4.98 Å². The van der Waals surface area contributed by atoms with Gasteiger partial charge in [-0.15, -0.1) is 0 Å². The Labute approximate surface area is 187 Å². The third kappa shape index (κ3) is 4.22. The lowest BCUT2D eigenvalue weighted by Gasteiger charge is -2.14. The molecule has 1 amide bonds. The van der Waals surface area contributed by atoms with E-state index in [-0.39, 0.29) is 18.0 Å². The number of fused-ring (bicyclic) bond motifs is 1. The van der Waals surface area contributed by atoms with Crippen LogP contribution in [0.5, 0.6) is 0 Å². The maximum atomic E-state index is 12.8. The number of halogens is 3. The summed E-state index contributed by atoms with van der Waals surface area (Å²) in [5.74, 6) is -3.16. The second kappa shape index (κ2) is 8.06. The number of nitrogens with one attached hydrogen (secondary N) is 3. The second-order valence-corrected chi connectivity index (χ2v) is 8.41. The minimum atomic E-state index is -4.37. The summed E-state index contributed by atoms with van der Waals surface area (Å²) in [6, 6.07) is 12.8. The Morgan fingerprint density at radius 2 is 1.91 bits per heavy atom. The smallest absolute Gasteiger partial charge is 0.356 e. The monoisotopic (exact) mass is 454 g/mol. The zero-order chi connectivity index (χ0) is 23.2. The lowest BCUT2D eigenvalue weighted by Crippen LogP contribution is -2.20. The predicted molar refractivity (Wildman–Crippen MR) is 117 cm³/mol. The van der Waals surface area contributed by atoms with Crippen LogP contribution in [0.3, 0.4) is 0 Å². The van der Waals surface area contributed by atoms with Gasteiger partial charge in [0.1, 0.15) is 5.82 Å². The minimum absolute atomic E-state index is 0.0479. The lowest BCUT2D eigenvalue weighted by atomic mass is 9.95. The number of H-pyrrole nitrogens is 1. The molecule has 3 N–H and O–H groups in total. The van der Waals surface area contributed by atoms with Gasteiger partial charge in [0.25, 0.3) is 0 Å². The van der Waals surface area contributed by atoms with Gasteiger partial charge < -0.3 is 15.6 Å². The number of para-hydroxylation sites is 1. The largest absolute Gasteiger partial charge is 0.392 e. The minimum Gasteiger partial charge on any atom is -0.356 e. The average Bonchev–Trinajstić information content (AvgIpc) is 3.52. The zero-order valence-corrected chi connectivity index (χ0v) is 17.5. The molecule has 2 aliphatic rings. The quantitative estimate of drug-likeness (QED) is 0.477. The summed E-state index contributed by atoms with van der Waals surface area (Å²) in [5, 5.41) is 5.84. The molecule has 2 aliphatic carbocycles. The van der Waals surface area contributed by atoms with Crippen molar-refractivity contribution < 1.29 is 22.8 Å². The molecule has 2 heterocycles. The summed E-state index contributed by atoms with van der Waals surface area (Å²) in [6.07, 6.45) is -1.13. The van der Waals surface area contributed by atoms with Crippen molar-refractivity contribution in [2.24, 2.45) is 11.8 Å². The van der Waals surface area contributed by atoms with Crippen molar-refractivity contribution in [3.05, 3.63) is 59.9 Å². The van der Waals surface area contributed by atoms with Crippen molar-refractivity contribution in [1.82, 2.24) is 9.97 Å². The molecule has 33 heavy (non-hydrogen) atoms. The highest BCUT2D eigenvalue weighted by Gasteiger charge is 2.58. The maximum absolute atomic E-state index is 12.8. The van der Waals surface area contributed by atoms with Gasteiger partial charge in [-0.05, 0) is 43.5 Å². The molecule has 0 aliphatic heterocycles. The number of carbonyl (C=O) groups excluding carboxylic acids is 2. The Bertz CT molecular complexity index is 1220. The number of Topliss-reactive ketones (excluding diaryl/α,β-unsaturated/α-hetero) is 1. The summed E-state index contributed by atoms with van der Waals surface area (Å²) in [6.45, 7) is 0. The molecule has 2 aromatic heterocycles. The standard InChI is InChI=1S/C24H21F3N4O2/c25-24(26,27)16-12-15(16)23(33)31-19-11-13(9-10-28-19)21-22(29-14-5-2-1-3-6-14)20-17(30-21)7-4-8-18(20)32/h1-3,5-6,9-11,15-16,29-30H,4,7-8,12H2,(H,28,31,33)/t15-,16+/m0/s1. The maximum Gasteiger partial charge on any atom is 0.392 e. The summed E-state index contributed by atoms with van der Waals surface area (Å²) < 4.78 is 38.4. The molecular formula is C24H21F3N4O2. The summed E-state index contributed by atoms with van der Waals surface area (Å²) >= 11 is 0. The van der Waals surface area contributed by atoms with Gasteiger partial charge in [-0.3, -0.25) is 9.59 Å². The van der Waals surface area contributed by atoms with Crippen LogP contribution in [0, 0.1) is 11.8 Å². The van der Waals surface area contributed by atoms with E-state index in [2.05, 4.69) is 20.6 Å². The van der Waals surface area contributed by atoms with E-state index < -0.39 is 23.9 Å². The molecule has 1 fully saturated rings. The number of ketones is 1. The second-order valence-electron chi connectivity index (χ2n) is 8.41. The molecule has 0 saturated heterocycles. The van der Waals surface area contributed by atoms with Crippen molar-refractivity contribution in [3.8, 4) is 11.3 Å². The Morgan fingerprint density at radius 1 is 1.12 bits per heavy atom. The van der Waals surface area contributed by atoms with Crippen LogP contribution in [-0.2, 0) is 11.2 Å². The van der Waals surface area contributed by atoms with Crippen LogP contribution in [0.1, 0.15) is 35.3 Å². The van der Waals surface area contributed by atoms with Crippen LogP contribution in [0.2, 0.25) is 0 Å². The van der Waals surface area contributed by atoms with Crippen molar-refractivity contribution in [1.29, 1.82) is 0 Å². The Kier molecular flexibility index (Phi) is 5.19. The average molecular weight is 454 g/mol. The topological polar surface area (TPSA) is 86.9 Å². The van der Waals surface area contributed by atoms with E-state index in [1.807, 2.05) is 30.3 Å². The molecule has 3 aromatic rings. The first kappa shape index (κ1) is 21.2. The highest BCUT2D eigenvalue weighted by Crippen LogP contribution is 2.50. The molecule has 9 heteroatoms. The number of aromatic nitrogens is 2. The molecule has 170 valence electrons. The molecular weight excluding hydrogens is 433 g/mol. The van der Waals surface area contributed by atoms with E-state index in [1.165, 1.54) is 6.20 Å². The highest BCUT2D eigenvalue weighted by molar-refractivity contribution is 6.07. The molecule has 0 unspecified atom stereocenters. The summed E-state index contributed by atoms with van der Waals surface area (Å²) in [7, 11) is 0. The van der Waals surface area contributed by atoms with Crippen LogP contribution in [0.15, 0.2) is 48.7 Å². The van der Waals surface area contributed by atoms with E-state index in [4.69, 9.17) is 0 Å². The van der Waals surface area contributed by atoms with Gasteiger partial charge in [0.2, 0.25) is 5.91 Å². The number of aromatic amines is 1. The fourth-order valence-electron chi connectivity index (χ4n) is 4.32. The number of hydrogen-bond acceptors (Lipinski definition) is 4. The highest BCUT2D eigenvalue weighted by atomic mass is 19.4. The van der Waals surface area contributed by atoms with Gasteiger partial charge in [0, 0.05) is 29.6 Å². The van der Waals surface area contributed by atoms with Crippen LogP contribution >= 0.6 is 0 Å². The van der Waals surface area contributed by atoms with Crippen molar-refractivity contribution in [2.45, 2.75) is 31.9 Å². The van der Waals surface area contributed by atoms with Crippen LogP contribution in [0.25, 0.3) is 11.3 Å². The Balaban J connectivity index is 1.46. The number of benzene rings is 1. The van der Waals surface area contributed by atoms with Crippen molar-refractivity contribution in [3.63, 3.8) is 0 Å². The van der Waals surface area contributed by atoms with Crippen LogP contribution in [0.4, 0.5) is 30.4 Å². The number of amides is 1. The van der Waals surface area contributed by atoms with Gasteiger partial charge in [-0.2, -0.15) is 13.2 Å². The zero-order valence-electron chi connectivity index (χ0n) is 17.5. The van der Waals surface area contributed by atoms with Crippen molar-refractivity contribution >= 4 is 28.9 Å². The molecule has 2 atom stereocenters. The third-order valence-corrected chi connectivity index (χ3v) is 6.08. The molecule has 5 rings (SSSR count). The van der Waals surface area contributed by atoms with E-state index in [1.54, 1.807) is 12.1 Å². The summed E-state index contributed by atoms with van der Waals surface area (Å²) in [4.78, 5) is 32.4. The number of rotatable bonds is 5. The summed E-state index contributed by atoms with van der Waals surface area (Å²) in [5.41, 5.74) is 4.24. The van der Waals surface area contributed by atoms with E-state index in [9.17, 15) is 22.8 Å². The van der Waals surface area contributed by atoms with Gasteiger partial charge in [-0.1, -0.05) is 18.2 Å². The van der Waals surface area contributed by atoms with Crippen molar-refractivity contribution in [2.75, 3.05) is 10.6 Å². The van der Waals surface area contributed by atoms with E-state index in [0.29, 0.717) is 28.9 Å². The molecule has 1 aromatic carbocycles. The number of anilines is 3. The molecule has 0 spiro atoms. The Morgan fingerprint density at radius 3 is 2.64 bits per heavy atom. The lowest BCUT2D eigenvalue weighted by molar-refractivity contribution is -0.153. The number of alkyl halides is 3. The predicted octanol–water partition coefficient (Wildman–Crippen LogP) is 5.48. The van der Waals surface area contributed by atoms with E-state index in [0.717, 1.165) is 24.2 Å². The molecule has 6 nitrogen and oxygen atoms in total. The molecule has 0 radical (unpaired) electrons. The van der Waals surface area contributed by atoms with Gasteiger partial charge in [0.05, 0.1) is 28.8 Å². The first-order chi connectivity index (χ1) is 15.8. The number of nitrogens with zero attached hydrogens (tertiary/aromatic N) is 1. The first-order valence-corrected chi connectivity index (χ1v) is 10.8. The molecule has 1 saturated carbocycles. The number of hydrogen-bond donors (Lipinski definition) is 3. The number of aryl methyl sites for hydroxylation is 1. The van der Waals surface area contributed by atoms with Crippen LogP contribution in [-0.4, -0.2) is 27.8 Å². The SMILES string of the molecule is O=C1CCCc2[nH]c(-c3ccnc(NC(=O)[C@H]4C[C@H]4C(F)(F)F)c3)c(Nc3ccccc3)c21. The van der Waals surface area contributed by atoms with Gasteiger partial charge in [0.15, 0.2) is 5.78 Å². The van der Waals surface area contributed by atoms with E-state index >= 15 is 0 Å². The normalized spacial score (nSPS) is 19.7. The fourth-order valence-corrected chi connectivity index (χ4v) is 4.32. The number of carbonyl (C=O) groups is 2. The Hall–Kier alpha value is -3.62.